The summed E-state index contributed by atoms with van der Waals surface area (Å²) in [5.41, 5.74) is 4.29. The van der Waals surface area contributed by atoms with Crippen LogP contribution < -0.4 is 4.90 Å². The minimum atomic E-state index is 0.399. The van der Waals surface area contributed by atoms with Crippen LogP contribution in [0.2, 0.25) is 0 Å². The lowest BCUT2D eigenvalue weighted by Gasteiger charge is -2.16. The molecule has 0 amide bonds. The second-order valence-electron chi connectivity index (χ2n) is 4.04. The van der Waals surface area contributed by atoms with Gasteiger partial charge in [0.15, 0.2) is 0 Å². The summed E-state index contributed by atoms with van der Waals surface area (Å²) in [5.74, 6) is 0. The summed E-state index contributed by atoms with van der Waals surface area (Å²) in [7, 11) is 0. The third-order valence-electron chi connectivity index (χ3n) is 3.18. The van der Waals surface area contributed by atoms with E-state index in [0.29, 0.717) is 6.10 Å². The highest BCUT2D eigenvalue weighted by molar-refractivity contribution is 5.59. The van der Waals surface area contributed by atoms with Crippen LogP contribution in [-0.4, -0.2) is 19.7 Å². The zero-order chi connectivity index (χ0) is 9.54. The molecule has 14 heavy (non-hydrogen) atoms. The average molecular weight is 189 g/mol. The molecule has 1 atom stereocenters. The van der Waals surface area contributed by atoms with Crippen LogP contribution in [0.15, 0.2) is 18.2 Å². The van der Waals surface area contributed by atoms with Crippen molar-refractivity contribution in [3.63, 3.8) is 0 Å². The summed E-state index contributed by atoms with van der Waals surface area (Å²) in [6.07, 6.45) is 1.60. The molecule has 0 radical (unpaired) electrons. The maximum absolute atomic E-state index is 5.29. The largest absolute Gasteiger partial charge is 0.371 e. The normalized spacial score (nSPS) is 23.8. The molecule has 2 aliphatic heterocycles. The predicted octanol–water partition coefficient (Wildman–Crippen LogP) is 2.14. The van der Waals surface area contributed by atoms with Gasteiger partial charge in [-0.1, -0.05) is 12.1 Å². The fourth-order valence-corrected chi connectivity index (χ4v) is 2.26. The third kappa shape index (κ3) is 1.22. The van der Waals surface area contributed by atoms with Crippen molar-refractivity contribution in [1.29, 1.82) is 0 Å². The van der Waals surface area contributed by atoms with Crippen LogP contribution in [-0.2, 0) is 11.2 Å². The lowest BCUT2D eigenvalue weighted by molar-refractivity contribution is 0.415. The number of epoxide rings is 1. The van der Waals surface area contributed by atoms with E-state index in [-0.39, 0.29) is 0 Å². The fourth-order valence-electron chi connectivity index (χ4n) is 2.26. The van der Waals surface area contributed by atoms with Gasteiger partial charge in [0.1, 0.15) is 6.10 Å². The van der Waals surface area contributed by atoms with Gasteiger partial charge in [0, 0.05) is 18.8 Å². The van der Waals surface area contributed by atoms with Crippen molar-refractivity contribution in [2.45, 2.75) is 19.4 Å². The van der Waals surface area contributed by atoms with Crippen molar-refractivity contribution in [2.75, 3.05) is 24.6 Å². The van der Waals surface area contributed by atoms with E-state index < -0.39 is 0 Å². The number of hydrogen-bond acceptors (Lipinski definition) is 2. The van der Waals surface area contributed by atoms with E-state index in [1.165, 1.54) is 29.8 Å². The van der Waals surface area contributed by atoms with Crippen molar-refractivity contribution in [2.24, 2.45) is 0 Å². The standard InChI is InChI=1S/C12H15NO/c1-2-13-6-5-9-7-10(12-8-14-12)3-4-11(9)13/h3-4,7,12H,2,5-6,8H2,1H3/t12-/m1/s1. The molecule has 0 N–H and O–H groups in total. The molecule has 2 aliphatic rings. The molecule has 2 nitrogen and oxygen atoms in total. The van der Waals surface area contributed by atoms with Crippen LogP contribution in [0.1, 0.15) is 24.2 Å². The molecule has 1 aromatic rings. The number of ether oxygens (including phenoxy) is 1. The summed E-state index contributed by atoms with van der Waals surface area (Å²) in [6.45, 7) is 5.43. The van der Waals surface area contributed by atoms with E-state index in [4.69, 9.17) is 4.74 Å². The van der Waals surface area contributed by atoms with Gasteiger partial charge < -0.3 is 9.64 Å². The van der Waals surface area contributed by atoms with Gasteiger partial charge in [-0.05, 0) is 30.5 Å². The number of nitrogens with zero attached hydrogens (tertiary/aromatic N) is 1. The van der Waals surface area contributed by atoms with Gasteiger partial charge in [-0.2, -0.15) is 0 Å². The first-order chi connectivity index (χ1) is 6.88. The summed E-state index contributed by atoms with van der Waals surface area (Å²) < 4.78 is 5.29. The van der Waals surface area contributed by atoms with E-state index in [1.54, 1.807) is 0 Å². The highest BCUT2D eigenvalue weighted by Gasteiger charge is 2.26. The molecule has 0 unspecified atom stereocenters. The lowest BCUT2D eigenvalue weighted by atomic mass is 10.1. The van der Waals surface area contributed by atoms with Crippen LogP contribution >= 0.6 is 0 Å². The number of hydrogen-bond donors (Lipinski definition) is 0. The Hall–Kier alpha value is -1.02. The van der Waals surface area contributed by atoms with Crippen molar-refractivity contribution in [3.8, 4) is 0 Å². The second-order valence-corrected chi connectivity index (χ2v) is 4.04. The maximum atomic E-state index is 5.29. The smallest absolute Gasteiger partial charge is 0.106 e. The second kappa shape index (κ2) is 2.99. The van der Waals surface area contributed by atoms with E-state index >= 15 is 0 Å². The molecule has 2 heteroatoms. The molecule has 0 spiro atoms. The van der Waals surface area contributed by atoms with E-state index in [9.17, 15) is 0 Å². The highest BCUT2D eigenvalue weighted by Crippen LogP contribution is 2.35. The van der Waals surface area contributed by atoms with Gasteiger partial charge in [-0.25, -0.2) is 0 Å². The first-order valence-corrected chi connectivity index (χ1v) is 5.38. The summed E-state index contributed by atoms with van der Waals surface area (Å²) in [5, 5.41) is 0. The number of rotatable bonds is 2. The Labute approximate surface area is 84.5 Å². The Morgan fingerprint density at radius 3 is 3.07 bits per heavy atom. The molecular formula is C12H15NO. The summed E-state index contributed by atoms with van der Waals surface area (Å²) in [6, 6.07) is 6.79. The minimum absolute atomic E-state index is 0.399. The van der Waals surface area contributed by atoms with Crippen molar-refractivity contribution >= 4 is 5.69 Å². The van der Waals surface area contributed by atoms with Crippen molar-refractivity contribution in [1.82, 2.24) is 0 Å². The molecule has 74 valence electrons. The van der Waals surface area contributed by atoms with Gasteiger partial charge in [0.2, 0.25) is 0 Å². The van der Waals surface area contributed by atoms with Gasteiger partial charge >= 0.3 is 0 Å². The molecule has 0 saturated carbocycles. The number of likely N-dealkylation sites (N-methyl/N-ethyl adjacent to an activating group) is 1. The molecule has 0 aromatic heterocycles. The van der Waals surface area contributed by atoms with Crippen LogP contribution in [0.5, 0.6) is 0 Å². The third-order valence-corrected chi connectivity index (χ3v) is 3.18. The quantitative estimate of drug-likeness (QED) is 0.662. The summed E-state index contributed by atoms with van der Waals surface area (Å²) >= 11 is 0. The Bertz CT molecular complexity index is 357. The van der Waals surface area contributed by atoms with Crippen LogP contribution in [0, 0.1) is 0 Å². The van der Waals surface area contributed by atoms with Crippen molar-refractivity contribution in [3.05, 3.63) is 29.3 Å². The zero-order valence-electron chi connectivity index (χ0n) is 8.49. The van der Waals surface area contributed by atoms with E-state index in [0.717, 1.165) is 13.2 Å². The Morgan fingerprint density at radius 1 is 1.50 bits per heavy atom. The SMILES string of the molecule is CCN1CCc2cc([C@H]3CO3)ccc21. The first-order valence-electron chi connectivity index (χ1n) is 5.38. The van der Waals surface area contributed by atoms with Crippen LogP contribution in [0.3, 0.4) is 0 Å². The monoisotopic (exact) mass is 189 g/mol. The summed E-state index contributed by atoms with van der Waals surface area (Å²) in [4.78, 5) is 2.44. The highest BCUT2D eigenvalue weighted by atomic mass is 16.6. The number of fused-ring (bicyclic) bond motifs is 1. The average Bonchev–Trinajstić information content (AvgIpc) is 2.98. The Kier molecular flexibility index (Phi) is 1.77. The lowest BCUT2D eigenvalue weighted by Crippen LogP contribution is -2.18. The van der Waals surface area contributed by atoms with E-state index in [1.807, 2.05) is 0 Å². The van der Waals surface area contributed by atoms with E-state index in [2.05, 4.69) is 30.0 Å². The number of benzene rings is 1. The topological polar surface area (TPSA) is 15.8 Å². The van der Waals surface area contributed by atoms with Gasteiger partial charge in [-0.3, -0.25) is 0 Å². The molecule has 1 fully saturated rings. The predicted molar refractivity (Wildman–Crippen MR) is 56.7 cm³/mol. The Morgan fingerprint density at radius 2 is 2.36 bits per heavy atom. The Balaban J connectivity index is 1.96. The molecule has 0 bridgehead atoms. The van der Waals surface area contributed by atoms with Gasteiger partial charge in [0.05, 0.1) is 6.61 Å². The number of anilines is 1. The molecule has 1 aromatic carbocycles. The molecule has 0 aliphatic carbocycles. The minimum Gasteiger partial charge on any atom is -0.371 e. The first kappa shape index (κ1) is 8.30. The molecule has 1 saturated heterocycles. The van der Waals surface area contributed by atoms with Crippen LogP contribution in [0.25, 0.3) is 0 Å². The zero-order valence-corrected chi connectivity index (χ0v) is 8.49. The fraction of sp³-hybridized carbons (Fsp3) is 0.500. The molecule has 3 rings (SSSR count). The maximum Gasteiger partial charge on any atom is 0.106 e. The molecular weight excluding hydrogens is 174 g/mol. The van der Waals surface area contributed by atoms with Crippen molar-refractivity contribution < 1.29 is 4.74 Å². The molecule has 2 heterocycles. The van der Waals surface area contributed by atoms with Gasteiger partial charge in [-0.15, -0.1) is 0 Å². The van der Waals surface area contributed by atoms with Crippen LogP contribution in [0.4, 0.5) is 5.69 Å². The van der Waals surface area contributed by atoms with Gasteiger partial charge in [0.25, 0.3) is 0 Å².